The SMILES string of the molecule is C[C@H]1CN(C(=O)CCCn2cncn2)C[C@H]1N1CCOCC1. The second-order valence-corrected chi connectivity index (χ2v) is 6.25. The molecule has 7 heteroatoms. The molecule has 2 fully saturated rings. The Morgan fingerprint density at radius 3 is 2.86 bits per heavy atom. The maximum absolute atomic E-state index is 12.4. The molecule has 0 bridgehead atoms. The summed E-state index contributed by atoms with van der Waals surface area (Å²) >= 11 is 0. The number of rotatable bonds is 5. The molecule has 3 rings (SSSR count). The molecule has 0 spiro atoms. The molecule has 0 unspecified atom stereocenters. The summed E-state index contributed by atoms with van der Waals surface area (Å²) < 4.78 is 7.20. The molecule has 0 N–H and O–H groups in total. The topological polar surface area (TPSA) is 63.5 Å². The van der Waals surface area contributed by atoms with E-state index in [1.165, 1.54) is 6.33 Å². The second kappa shape index (κ2) is 7.19. The Morgan fingerprint density at radius 2 is 2.14 bits per heavy atom. The van der Waals surface area contributed by atoms with Gasteiger partial charge in [0.1, 0.15) is 12.7 Å². The normalized spacial score (nSPS) is 26.5. The van der Waals surface area contributed by atoms with Crippen molar-refractivity contribution in [2.45, 2.75) is 32.4 Å². The van der Waals surface area contributed by atoms with Gasteiger partial charge in [0.15, 0.2) is 0 Å². The van der Waals surface area contributed by atoms with Gasteiger partial charge >= 0.3 is 0 Å². The van der Waals surface area contributed by atoms with Crippen molar-refractivity contribution in [1.29, 1.82) is 0 Å². The molecule has 2 atom stereocenters. The van der Waals surface area contributed by atoms with Crippen LogP contribution in [0.15, 0.2) is 12.7 Å². The molecule has 7 nitrogen and oxygen atoms in total. The van der Waals surface area contributed by atoms with Crippen molar-refractivity contribution in [3.63, 3.8) is 0 Å². The smallest absolute Gasteiger partial charge is 0.222 e. The van der Waals surface area contributed by atoms with Crippen LogP contribution < -0.4 is 0 Å². The zero-order valence-electron chi connectivity index (χ0n) is 13.2. The van der Waals surface area contributed by atoms with Gasteiger partial charge in [0, 0.05) is 45.2 Å². The van der Waals surface area contributed by atoms with Gasteiger partial charge in [-0.1, -0.05) is 6.92 Å². The van der Waals surface area contributed by atoms with E-state index in [1.54, 1.807) is 11.0 Å². The number of likely N-dealkylation sites (tertiary alicyclic amines) is 1. The van der Waals surface area contributed by atoms with E-state index in [-0.39, 0.29) is 5.91 Å². The van der Waals surface area contributed by atoms with Crippen LogP contribution in [0.1, 0.15) is 19.8 Å². The second-order valence-electron chi connectivity index (χ2n) is 6.25. The lowest BCUT2D eigenvalue weighted by Crippen LogP contribution is -2.47. The molecular formula is C15H25N5O2. The summed E-state index contributed by atoms with van der Waals surface area (Å²) in [5.41, 5.74) is 0. The summed E-state index contributed by atoms with van der Waals surface area (Å²) in [6.07, 6.45) is 4.62. The number of aromatic nitrogens is 3. The van der Waals surface area contributed by atoms with Gasteiger partial charge in [-0.15, -0.1) is 0 Å². The minimum absolute atomic E-state index is 0.266. The van der Waals surface area contributed by atoms with Gasteiger partial charge < -0.3 is 9.64 Å². The zero-order chi connectivity index (χ0) is 15.4. The highest BCUT2D eigenvalue weighted by atomic mass is 16.5. The average Bonchev–Trinajstić information content (AvgIpc) is 3.17. The molecule has 2 aliphatic rings. The van der Waals surface area contributed by atoms with Crippen LogP contribution in [0, 0.1) is 5.92 Å². The Labute approximate surface area is 131 Å². The van der Waals surface area contributed by atoms with Crippen LogP contribution in [0.5, 0.6) is 0 Å². The van der Waals surface area contributed by atoms with Crippen molar-refractivity contribution in [1.82, 2.24) is 24.6 Å². The van der Waals surface area contributed by atoms with Gasteiger partial charge in [0.2, 0.25) is 5.91 Å². The fraction of sp³-hybridized carbons (Fsp3) is 0.800. The molecule has 0 aromatic carbocycles. The first kappa shape index (κ1) is 15.4. The van der Waals surface area contributed by atoms with Gasteiger partial charge in [-0.2, -0.15) is 5.10 Å². The third kappa shape index (κ3) is 3.64. The molecule has 0 aliphatic carbocycles. The highest BCUT2D eigenvalue weighted by molar-refractivity contribution is 5.76. The Bertz CT molecular complexity index is 472. The van der Waals surface area contributed by atoms with E-state index in [1.807, 2.05) is 4.90 Å². The lowest BCUT2D eigenvalue weighted by Gasteiger charge is -2.34. The summed E-state index contributed by atoms with van der Waals surface area (Å²) in [7, 11) is 0. The largest absolute Gasteiger partial charge is 0.379 e. The van der Waals surface area contributed by atoms with Crippen LogP contribution in [-0.4, -0.2) is 75.9 Å². The minimum atomic E-state index is 0.266. The van der Waals surface area contributed by atoms with E-state index in [0.717, 1.165) is 52.4 Å². The number of morpholine rings is 1. The van der Waals surface area contributed by atoms with Gasteiger partial charge in [-0.3, -0.25) is 14.4 Å². The highest BCUT2D eigenvalue weighted by Crippen LogP contribution is 2.23. The van der Waals surface area contributed by atoms with E-state index in [0.29, 0.717) is 18.4 Å². The predicted octanol–water partition coefficient (Wildman–Crippen LogP) is 0.237. The quantitative estimate of drug-likeness (QED) is 0.779. The van der Waals surface area contributed by atoms with Crippen LogP contribution in [0.25, 0.3) is 0 Å². The highest BCUT2D eigenvalue weighted by Gasteiger charge is 2.36. The predicted molar refractivity (Wildman–Crippen MR) is 81.2 cm³/mol. The summed E-state index contributed by atoms with van der Waals surface area (Å²) in [4.78, 5) is 20.8. The van der Waals surface area contributed by atoms with E-state index in [9.17, 15) is 4.79 Å². The van der Waals surface area contributed by atoms with Gasteiger partial charge in [-0.05, 0) is 12.3 Å². The minimum Gasteiger partial charge on any atom is -0.379 e. The molecule has 0 radical (unpaired) electrons. The van der Waals surface area contributed by atoms with Crippen molar-refractivity contribution in [3.8, 4) is 0 Å². The maximum Gasteiger partial charge on any atom is 0.222 e. The number of carbonyl (C=O) groups excluding carboxylic acids is 1. The average molecular weight is 307 g/mol. The van der Waals surface area contributed by atoms with Crippen LogP contribution in [0.3, 0.4) is 0 Å². The van der Waals surface area contributed by atoms with Gasteiger partial charge in [0.25, 0.3) is 0 Å². The standard InChI is InChI=1S/C15H25N5O2/c1-13-9-19(10-14(13)18-5-7-22-8-6-18)15(21)3-2-4-20-12-16-11-17-20/h11-14H,2-10H2,1H3/t13-,14+/m0/s1. The third-order valence-electron chi connectivity index (χ3n) is 4.68. The fourth-order valence-electron chi connectivity index (χ4n) is 3.44. The molecule has 2 saturated heterocycles. The molecule has 0 saturated carbocycles. The molecular weight excluding hydrogens is 282 g/mol. The van der Waals surface area contributed by atoms with Crippen molar-refractivity contribution >= 4 is 5.91 Å². The Balaban J connectivity index is 1.45. The number of nitrogens with zero attached hydrogens (tertiary/aromatic N) is 5. The van der Waals surface area contributed by atoms with Gasteiger partial charge in [-0.25, -0.2) is 4.98 Å². The first-order valence-corrected chi connectivity index (χ1v) is 8.16. The molecule has 2 aliphatic heterocycles. The van der Waals surface area contributed by atoms with Crippen molar-refractivity contribution in [2.24, 2.45) is 5.92 Å². The Kier molecular flexibility index (Phi) is 5.04. The van der Waals surface area contributed by atoms with E-state index in [4.69, 9.17) is 4.74 Å². The number of hydrogen-bond acceptors (Lipinski definition) is 5. The van der Waals surface area contributed by atoms with Crippen molar-refractivity contribution < 1.29 is 9.53 Å². The fourth-order valence-corrected chi connectivity index (χ4v) is 3.44. The van der Waals surface area contributed by atoms with Crippen LogP contribution in [0.2, 0.25) is 0 Å². The number of aryl methyl sites for hydroxylation is 1. The lowest BCUT2D eigenvalue weighted by molar-refractivity contribution is -0.130. The van der Waals surface area contributed by atoms with Crippen LogP contribution in [0.4, 0.5) is 0 Å². The molecule has 122 valence electrons. The summed E-state index contributed by atoms with van der Waals surface area (Å²) in [6.45, 7) is 8.36. The summed E-state index contributed by atoms with van der Waals surface area (Å²) in [5.74, 6) is 0.806. The van der Waals surface area contributed by atoms with Crippen molar-refractivity contribution in [3.05, 3.63) is 12.7 Å². The van der Waals surface area contributed by atoms with Gasteiger partial charge in [0.05, 0.1) is 13.2 Å². The number of carbonyl (C=O) groups is 1. The van der Waals surface area contributed by atoms with E-state index in [2.05, 4.69) is 21.9 Å². The van der Waals surface area contributed by atoms with Crippen LogP contribution >= 0.6 is 0 Å². The monoisotopic (exact) mass is 307 g/mol. The van der Waals surface area contributed by atoms with E-state index >= 15 is 0 Å². The number of ether oxygens (including phenoxy) is 1. The first-order valence-electron chi connectivity index (χ1n) is 8.16. The first-order chi connectivity index (χ1) is 10.7. The molecule has 1 aromatic heterocycles. The lowest BCUT2D eigenvalue weighted by atomic mass is 10.0. The van der Waals surface area contributed by atoms with E-state index < -0.39 is 0 Å². The Hall–Kier alpha value is -1.47. The zero-order valence-corrected chi connectivity index (χ0v) is 13.2. The molecule has 1 amide bonds. The maximum atomic E-state index is 12.4. The number of hydrogen-bond donors (Lipinski definition) is 0. The summed E-state index contributed by atoms with van der Waals surface area (Å²) in [6, 6.07) is 0.489. The molecule has 22 heavy (non-hydrogen) atoms. The third-order valence-corrected chi connectivity index (χ3v) is 4.68. The van der Waals surface area contributed by atoms with Crippen LogP contribution in [-0.2, 0) is 16.1 Å². The summed E-state index contributed by atoms with van der Waals surface area (Å²) in [5, 5.41) is 4.06. The van der Waals surface area contributed by atoms with Crippen molar-refractivity contribution in [2.75, 3.05) is 39.4 Å². The molecule has 1 aromatic rings. The Morgan fingerprint density at radius 1 is 1.32 bits per heavy atom. The number of amides is 1. The molecule has 3 heterocycles.